The molecule has 0 bridgehead atoms. The predicted molar refractivity (Wildman–Crippen MR) is 113 cm³/mol. The van der Waals surface area contributed by atoms with Crippen LogP contribution in [0.15, 0.2) is 40.2 Å². The van der Waals surface area contributed by atoms with E-state index in [-0.39, 0.29) is 0 Å². The van der Waals surface area contributed by atoms with Gasteiger partial charge in [0, 0.05) is 29.8 Å². The zero-order valence-corrected chi connectivity index (χ0v) is 17.4. The van der Waals surface area contributed by atoms with Gasteiger partial charge in [-0.15, -0.1) is 11.8 Å². The van der Waals surface area contributed by atoms with Gasteiger partial charge in [-0.05, 0) is 51.5 Å². The predicted octanol–water partition coefficient (Wildman–Crippen LogP) is 3.84. The van der Waals surface area contributed by atoms with Crippen molar-refractivity contribution in [2.24, 2.45) is 4.99 Å². The molecule has 142 valence electrons. The van der Waals surface area contributed by atoms with Crippen LogP contribution in [0.5, 0.6) is 0 Å². The molecule has 0 aromatic heterocycles. The van der Waals surface area contributed by atoms with E-state index in [0.717, 1.165) is 32.0 Å². The summed E-state index contributed by atoms with van der Waals surface area (Å²) in [6, 6.07) is 11.0. The molecule has 0 saturated carbocycles. The Balaban J connectivity index is 2.26. The van der Waals surface area contributed by atoms with Gasteiger partial charge in [0.05, 0.1) is 0 Å². The van der Waals surface area contributed by atoms with Gasteiger partial charge in [0.25, 0.3) is 0 Å². The lowest BCUT2D eigenvalue weighted by Gasteiger charge is -2.22. The number of thioether (sulfide) groups is 1. The molecule has 1 rings (SSSR count). The van der Waals surface area contributed by atoms with Crippen molar-refractivity contribution in [3.63, 3.8) is 0 Å². The van der Waals surface area contributed by atoms with Gasteiger partial charge in [0.15, 0.2) is 5.96 Å². The minimum Gasteiger partial charge on any atom is -0.355 e. The number of hydrogen-bond donors (Lipinski definition) is 2. The van der Waals surface area contributed by atoms with E-state index in [0.29, 0.717) is 11.3 Å². The molecule has 25 heavy (non-hydrogen) atoms. The Bertz CT molecular complexity index is 474. The zero-order chi connectivity index (χ0) is 18.5. The second kappa shape index (κ2) is 13.1. The van der Waals surface area contributed by atoms with Crippen LogP contribution in [-0.4, -0.2) is 55.4 Å². The topological polar surface area (TPSA) is 39.7 Å². The summed E-state index contributed by atoms with van der Waals surface area (Å²) in [5, 5.41) is 7.44. The molecule has 1 aromatic rings. The Morgan fingerprint density at radius 3 is 2.44 bits per heavy atom. The van der Waals surface area contributed by atoms with Gasteiger partial charge in [-0.3, -0.25) is 4.99 Å². The normalized spacial score (nSPS) is 14.4. The number of benzene rings is 1. The van der Waals surface area contributed by atoms with Crippen LogP contribution in [0, 0.1) is 0 Å². The van der Waals surface area contributed by atoms with E-state index in [1.807, 2.05) is 18.8 Å². The van der Waals surface area contributed by atoms with Crippen molar-refractivity contribution in [3.8, 4) is 0 Å². The average molecular weight is 365 g/mol. The summed E-state index contributed by atoms with van der Waals surface area (Å²) in [5.74, 6) is 0.899. The quantitative estimate of drug-likeness (QED) is 0.355. The zero-order valence-electron chi connectivity index (χ0n) is 16.6. The number of guanidine groups is 1. The van der Waals surface area contributed by atoms with Crippen molar-refractivity contribution in [2.45, 2.75) is 56.7 Å². The first-order valence-electron chi connectivity index (χ1n) is 9.50. The third-order valence-electron chi connectivity index (χ3n) is 4.25. The number of nitrogens with zero attached hydrogens (tertiary/aromatic N) is 2. The Morgan fingerprint density at radius 1 is 1.16 bits per heavy atom. The van der Waals surface area contributed by atoms with Crippen LogP contribution in [0.3, 0.4) is 0 Å². The first-order valence-corrected chi connectivity index (χ1v) is 10.4. The van der Waals surface area contributed by atoms with E-state index >= 15 is 0 Å². The lowest BCUT2D eigenvalue weighted by molar-refractivity contribution is 0.292. The van der Waals surface area contributed by atoms with Crippen LogP contribution in [-0.2, 0) is 0 Å². The van der Waals surface area contributed by atoms with Gasteiger partial charge in [-0.2, -0.15) is 0 Å². The van der Waals surface area contributed by atoms with E-state index in [9.17, 15) is 0 Å². The molecule has 2 unspecified atom stereocenters. The molecule has 0 heterocycles. The number of hydrogen-bond acceptors (Lipinski definition) is 3. The van der Waals surface area contributed by atoms with Gasteiger partial charge in [-0.25, -0.2) is 0 Å². The average Bonchev–Trinajstić information content (AvgIpc) is 2.63. The smallest absolute Gasteiger partial charge is 0.191 e. The maximum Gasteiger partial charge on any atom is 0.191 e. The fourth-order valence-electron chi connectivity index (χ4n) is 2.67. The van der Waals surface area contributed by atoms with Crippen molar-refractivity contribution in [1.82, 2.24) is 15.5 Å². The molecule has 0 aliphatic heterocycles. The van der Waals surface area contributed by atoms with E-state index in [2.05, 4.69) is 78.6 Å². The van der Waals surface area contributed by atoms with Gasteiger partial charge in [0.2, 0.25) is 0 Å². The highest BCUT2D eigenvalue weighted by molar-refractivity contribution is 8.00. The van der Waals surface area contributed by atoms with Crippen LogP contribution >= 0.6 is 11.8 Å². The Labute approximate surface area is 158 Å². The summed E-state index contributed by atoms with van der Waals surface area (Å²) in [7, 11) is 1.84. The molecule has 4 nitrogen and oxygen atoms in total. The van der Waals surface area contributed by atoms with Gasteiger partial charge in [0.1, 0.15) is 0 Å². The van der Waals surface area contributed by atoms with Crippen LogP contribution < -0.4 is 10.6 Å². The molecule has 0 aliphatic rings. The SMILES string of the molecule is CCN(CC)CCCC(C)NC(=NC)NCC(C)Sc1ccccc1. The summed E-state index contributed by atoms with van der Waals surface area (Å²) < 4.78 is 0. The van der Waals surface area contributed by atoms with Crippen molar-refractivity contribution < 1.29 is 0 Å². The first-order chi connectivity index (χ1) is 12.1. The standard InChI is InChI=1S/C20H36N4S/c1-6-24(7-2)15-11-12-17(3)23-20(21-5)22-16-18(4)25-19-13-9-8-10-14-19/h8-10,13-14,17-18H,6-7,11-12,15-16H2,1-5H3,(H2,21,22,23). The second-order valence-electron chi connectivity index (χ2n) is 6.41. The number of aliphatic imine (C=N–C) groups is 1. The Hall–Kier alpha value is -1.20. The maximum atomic E-state index is 4.36. The van der Waals surface area contributed by atoms with Crippen LogP contribution in [0.2, 0.25) is 0 Å². The fourth-order valence-corrected chi connectivity index (χ4v) is 3.62. The third-order valence-corrected chi connectivity index (χ3v) is 5.36. The Kier molecular flexibility index (Phi) is 11.4. The molecule has 0 radical (unpaired) electrons. The summed E-state index contributed by atoms with van der Waals surface area (Å²) >= 11 is 1.89. The van der Waals surface area contributed by atoms with Crippen molar-refractivity contribution in [1.29, 1.82) is 0 Å². The van der Waals surface area contributed by atoms with E-state index in [1.165, 1.54) is 17.9 Å². The van der Waals surface area contributed by atoms with Gasteiger partial charge >= 0.3 is 0 Å². The van der Waals surface area contributed by atoms with Crippen LogP contribution in [0.4, 0.5) is 0 Å². The molecular weight excluding hydrogens is 328 g/mol. The molecule has 0 fully saturated rings. The third kappa shape index (κ3) is 9.75. The molecular formula is C20H36N4S. The van der Waals surface area contributed by atoms with E-state index < -0.39 is 0 Å². The molecule has 0 saturated heterocycles. The van der Waals surface area contributed by atoms with Crippen LogP contribution in [0.1, 0.15) is 40.5 Å². The van der Waals surface area contributed by atoms with Crippen molar-refractivity contribution in [2.75, 3.05) is 33.2 Å². The fraction of sp³-hybridized carbons (Fsp3) is 0.650. The minimum atomic E-state index is 0.429. The highest BCUT2D eigenvalue weighted by Crippen LogP contribution is 2.21. The lowest BCUT2D eigenvalue weighted by atomic mass is 10.2. The van der Waals surface area contributed by atoms with Crippen molar-refractivity contribution in [3.05, 3.63) is 30.3 Å². The summed E-state index contributed by atoms with van der Waals surface area (Å²) in [6.07, 6.45) is 2.37. The molecule has 5 heteroatoms. The van der Waals surface area contributed by atoms with E-state index in [4.69, 9.17) is 0 Å². The Morgan fingerprint density at radius 2 is 1.84 bits per heavy atom. The number of rotatable bonds is 11. The first kappa shape index (κ1) is 21.8. The maximum absolute atomic E-state index is 4.36. The monoisotopic (exact) mass is 364 g/mol. The minimum absolute atomic E-state index is 0.429. The van der Waals surface area contributed by atoms with Gasteiger partial charge < -0.3 is 15.5 Å². The summed E-state index contributed by atoms with van der Waals surface area (Å²) in [6.45, 7) is 13.3. The summed E-state index contributed by atoms with van der Waals surface area (Å²) in [4.78, 5) is 8.14. The molecule has 1 aromatic carbocycles. The largest absolute Gasteiger partial charge is 0.355 e. The van der Waals surface area contributed by atoms with Gasteiger partial charge in [-0.1, -0.05) is 39.0 Å². The van der Waals surface area contributed by atoms with E-state index in [1.54, 1.807) is 0 Å². The molecule has 0 spiro atoms. The van der Waals surface area contributed by atoms with Crippen LogP contribution in [0.25, 0.3) is 0 Å². The molecule has 2 N–H and O–H groups in total. The number of nitrogens with one attached hydrogen (secondary N) is 2. The molecule has 0 amide bonds. The highest BCUT2D eigenvalue weighted by atomic mass is 32.2. The molecule has 0 aliphatic carbocycles. The second-order valence-corrected chi connectivity index (χ2v) is 7.92. The van der Waals surface area contributed by atoms with Crippen molar-refractivity contribution >= 4 is 17.7 Å². The molecule has 2 atom stereocenters. The summed E-state index contributed by atoms with van der Waals surface area (Å²) in [5.41, 5.74) is 0. The lowest BCUT2D eigenvalue weighted by Crippen LogP contribution is -2.44. The highest BCUT2D eigenvalue weighted by Gasteiger charge is 2.09.